The van der Waals surface area contributed by atoms with E-state index >= 15 is 0 Å². The Morgan fingerprint density at radius 3 is 2.71 bits per heavy atom. The minimum atomic E-state index is -0.847. The zero-order valence-corrected chi connectivity index (χ0v) is 8.81. The van der Waals surface area contributed by atoms with Gasteiger partial charge in [0, 0.05) is 4.70 Å². The van der Waals surface area contributed by atoms with Crippen molar-refractivity contribution in [2.45, 2.75) is 13.8 Å². The average molecular weight is 206 g/mol. The van der Waals surface area contributed by atoms with Gasteiger partial charge in [-0.1, -0.05) is 6.07 Å². The molecule has 0 radical (unpaired) electrons. The van der Waals surface area contributed by atoms with E-state index in [9.17, 15) is 4.79 Å². The molecule has 0 spiro atoms. The van der Waals surface area contributed by atoms with Gasteiger partial charge in [0.2, 0.25) is 0 Å². The highest BCUT2D eigenvalue weighted by molar-refractivity contribution is 7.17. The number of thiophene rings is 1. The summed E-state index contributed by atoms with van der Waals surface area (Å²) in [7, 11) is 0. The van der Waals surface area contributed by atoms with Gasteiger partial charge in [-0.05, 0) is 41.8 Å². The molecule has 0 aliphatic heterocycles. The fraction of sp³-hybridized carbons (Fsp3) is 0.182. The molecule has 0 aliphatic carbocycles. The maximum atomic E-state index is 11.0. The summed E-state index contributed by atoms with van der Waals surface area (Å²) in [5.74, 6) is -0.847. The van der Waals surface area contributed by atoms with Gasteiger partial charge < -0.3 is 5.11 Å². The van der Waals surface area contributed by atoms with Crippen LogP contribution < -0.4 is 0 Å². The molecule has 0 aliphatic rings. The van der Waals surface area contributed by atoms with Crippen LogP contribution in [0.15, 0.2) is 17.5 Å². The molecule has 2 aromatic rings. The van der Waals surface area contributed by atoms with E-state index in [1.807, 2.05) is 25.3 Å². The highest BCUT2D eigenvalue weighted by Gasteiger charge is 2.11. The van der Waals surface area contributed by atoms with E-state index in [-0.39, 0.29) is 0 Å². The molecule has 1 heterocycles. The van der Waals surface area contributed by atoms with Crippen LogP contribution in [0.25, 0.3) is 10.1 Å². The van der Waals surface area contributed by atoms with Crippen LogP contribution in [-0.4, -0.2) is 11.1 Å². The molecule has 1 aromatic carbocycles. The first-order chi connectivity index (χ1) is 6.59. The molecule has 0 unspecified atom stereocenters. The first-order valence-electron chi connectivity index (χ1n) is 4.31. The van der Waals surface area contributed by atoms with Gasteiger partial charge >= 0.3 is 5.97 Å². The number of benzene rings is 1. The number of carbonyl (C=O) groups is 1. The van der Waals surface area contributed by atoms with Crippen molar-refractivity contribution >= 4 is 27.4 Å². The average Bonchev–Trinajstić information content (AvgIpc) is 2.47. The van der Waals surface area contributed by atoms with E-state index in [1.54, 1.807) is 6.07 Å². The topological polar surface area (TPSA) is 37.3 Å². The lowest BCUT2D eigenvalue weighted by molar-refractivity contribution is 0.0699. The van der Waals surface area contributed by atoms with Gasteiger partial charge in [0.1, 0.15) is 0 Å². The van der Waals surface area contributed by atoms with Crippen molar-refractivity contribution in [3.8, 4) is 0 Å². The minimum Gasteiger partial charge on any atom is -0.478 e. The predicted molar refractivity (Wildman–Crippen MR) is 58.3 cm³/mol. The Labute approximate surface area is 85.8 Å². The second-order valence-electron chi connectivity index (χ2n) is 3.41. The highest BCUT2D eigenvalue weighted by atomic mass is 32.1. The molecular weight excluding hydrogens is 196 g/mol. The van der Waals surface area contributed by atoms with Crippen LogP contribution in [0.4, 0.5) is 0 Å². The molecule has 3 heteroatoms. The van der Waals surface area contributed by atoms with Crippen LogP contribution >= 0.6 is 11.3 Å². The van der Waals surface area contributed by atoms with Crippen molar-refractivity contribution < 1.29 is 9.90 Å². The summed E-state index contributed by atoms with van der Waals surface area (Å²) in [5, 5.41) is 12.1. The lowest BCUT2D eigenvalue weighted by Crippen LogP contribution is -1.96. The van der Waals surface area contributed by atoms with Crippen LogP contribution in [0.1, 0.15) is 21.5 Å². The fourth-order valence-corrected chi connectivity index (χ4v) is 2.60. The summed E-state index contributed by atoms with van der Waals surface area (Å²) >= 11 is 1.50. The molecule has 2 rings (SSSR count). The van der Waals surface area contributed by atoms with Crippen LogP contribution in [0.2, 0.25) is 0 Å². The van der Waals surface area contributed by atoms with Crippen molar-refractivity contribution in [3.63, 3.8) is 0 Å². The molecule has 72 valence electrons. The number of aryl methyl sites for hydroxylation is 2. The summed E-state index contributed by atoms with van der Waals surface area (Å²) in [4.78, 5) is 11.0. The Bertz CT molecular complexity index is 511. The van der Waals surface area contributed by atoms with Crippen LogP contribution in [-0.2, 0) is 0 Å². The molecule has 0 fully saturated rings. The molecule has 0 saturated carbocycles. The lowest BCUT2D eigenvalue weighted by atomic mass is 10.1. The van der Waals surface area contributed by atoms with Crippen LogP contribution in [0.5, 0.6) is 0 Å². The lowest BCUT2D eigenvalue weighted by Gasteiger charge is -2.00. The molecule has 0 amide bonds. The molecule has 14 heavy (non-hydrogen) atoms. The first-order valence-corrected chi connectivity index (χ1v) is 5.19. The molecular formula is C11H10O2S. The van der Waals surface area contributed by atoms with Gasteiger partial charge in [0.25, 0.3) is 0 Å². The van der Waals surface area contributed by atoms with Crippen molar-refractivity contribution in [1.82, 2.24) is 0 Å². The molecule has 1 aromatic heterocycles. The molecule has 2 nitrogen and oxygen atoms in total. The SMILES string of the molecule is Cc1cc(C(=O)O)c2scc(C)c2c1. The monoisotopic (exact) mass is 206 g/mol. The number of fused-ring (bicyclic) bond motifs is 1. The smallest absolute Gasteiger partial charge is 0.337 e. The van der Waals surface area contributed by atoms with Crippen molar-refractivity contribution in [1.29, 1.82) is 0 Å². The Balaban J connectivity index is 2.88. The number of carboxylic acid groups (broad SMARTS) is 1. The van der Waals surface area contributed by atoms with E-state index in [1.165, 1.54) is 11.3 Å². The van der Waals surface area contributed by atoms with E-state index in [0.717, 1.165) is 21.2 Å². The largest absolute Gasteiger partial charge is 0.478 e. The Morgan fingerprint density at radius 1 is 1.36 bits per heavy atom. The summed E-state index contributed by atoms with van der Waals surface area (Å²) in [5.41, 5.74) is 2.56. The van der Waals surface area contributed by atoms with Crippen molar-refractivity contribution in [3.05, 3.63) is 34.2 Å². The summed E-state index contributed by atoms with van der Waals surface area (Å²) in [6.07, 6.45) is 0. The van der Waals surface area contributed by atoms with Gasteiger partial charge in [-0.25, -0.2) is 4.79 Å². The summed E-state index contributed by atoms with van der Waals surface area (Å²) < 4.78 is 0.876. The number of aromatic carboxylic acids is 1. The predicted octanol–water partition coefficient (Wildman–Crippen LogP) is 3.22. The second kappa shape index (κ2) is 3.10. The number of hydrogen-bond acceptors (Lipinski definition) is 2. The summed E-state index contributed by atoms with van der Waals surface area (Å²) in [6, 6.07) is 3.76. The Kier molecular flexibility index (Phi) is 2.04. The zero-order valence-electron chi connectivity index (χ0n) is 8.00. The maximum absolute atomic E-state index is 11.0. The second-order valence-corrected chi connectivity index (χ2v) is 4.29. The van der Waals surface area contributed by atoms with Gasteiger partial charge in [-0.3, -0.25) is 0 Å². The van der Waals surface area contributed by atoms with E-state index in [2.05, 4.69) is 0 Å². The maximum Gasteiger partial charge on any atom is 0.337 e. The third-order valence-electron chi connectivity index (χ3n) is 2.24. The quantitative estimate of drug-likeness (QED) is 0.777. The van der Waals surface area contributed by atoms with E-state index in [4.69, 9.17) is 5.11 Å². The molecule has 0 atom stereocenters. The summed E-state index contributed by atoms with van der Waals surface area (Å²) in [6.45, 7) is 3.92. The highest BCUT2D eigenvalue weighted by Crippen LogP contribution is 2.29. The zero-order chi connectivity index (χ0) is 10.3. The molecule has 1 N–H and O–H groups in total. The van der Waals surface area contributed by atoms with E-state index in [0.29, 0.717) is 5.56 Å². The standard InChI is InChI=1S/C11H10O2S/c1-6-3-8-7(2)5-14-10(8)9(4-6)11(12)13/h3-5H,1-2H3,(H,12,13). The van der Waals surface area contributed by atoms with Crippen molar-refractivity contribution in [2.24, 2.45) is 0 Å². The van der Waals surface area contributed by atoms with E-state index < -0.39 is 5.97 Å². The number of hydrogen-bond donors (Lipinski definition) is 1. The third kappa shape index (κ3) is 1.30. The van der Waals surface area contributed by atoms with Crippen LogP contribution in [0.3, 0.4) is 0 Å². The first kappa shape index (κ1) is 9.21. The number of carboxylic acids is 1. The van der Waals surface area contributed by atoms with Gasteiger partial charge in [-0.15, -0.1) is 11.3 Å². The van der Waals surface area contributed by atoms with Crippen LogP contribution in [0, 0.1) is 13.8 Å². The molecule has 0 bridgehead atoms. The Hall–Kier alpha value is -1.35. The third-order valence-corrected chi connectivity index (χ3v) is 3.39. The Morgan fingerprint density at radius 2 is 2.07 bits per heavy atom. The van der Waals surface area contributed by atoms with Gasteiger partial charge in [-0.2, -0.15) is 0 Å². The normalized spacial score (nSPS) is 10.7. The van der Waals surface area contributed by atoms with Gasteiger partial charge in [0.05, 0.1) is 5.56 Å². The molecule has 0 saturated heterocycles. The fourth-order valence-electron chi connectivity index (χ4n) is 1.56. The van der Waals surface area contributed by atoms with Crippen molar-refractivity contribution in [2.75, 3.05) is 0 Å². The minimum absolute atomic E-state index is 0.415. The number of rotatable bonds is 1. The van der Waals surface area contributed by atoms with Gasteiger partial charge in [0.15, 0.2) is 0 Å².